The van der Waals surface area contributed by atoms with E-state index in [2.05, 4.69) is 34.6 Å². The van der Waals surface area contributed by atoms with Crippen molar-refractivity contribution in [1.29, 1.82) is 0 Å². The first-order chi connectivity index (χ1) is 16.6. The van der Waals surface area contributed by atoms with Crippen LogP contribution in [0.1, 0.15) is 157 Å². The molecule has 0 aromatic carbocycles. The molecule has 0 amide bonds. The van der Waals surface area contributed by atoms with E-state index in [1.165, 1.54) is 77.0 Å². The Hall–Kier alpha value is -0.410. The van der Waals surface area contributed by atoms with Crippen molar-refractivity contribution >= 4 is 5.78 Å². The molecule has 0 spiro atoms. The lowest BCUT2D eigenvalue weighted by Gasteiger charge is -2.25. The van der Waals surface area contributed by atoms with Gasteiger partial charge in [0.2, 0.25) is 0 Å². The third-order valence-electron chi connectivity index (χ3n) is 7.20. The van der Waals surface area contributed by atoms with Crippen LogP contribution >= 0.6 is 0 Å². The SMILES string of the molecule is CCCCCCCCC(C)C(CCCCCCCC(=O)C(CCC)CCC)OCCOCCC. The maximum atomic E-state index is 12.5. The molecule has 3 heteroatoms. The van der Waals surface area contributed by atoms with E-state index in [1.54, 1.807) is 0 Å². The van der Waals surface area contributed by atoms with Crippen LogP contribution in [0.15, 0.2) is 0 Å². The molecule has 0 N–H and O–H groups in total. The molecule has 0 aromatic heterocycles. The third kappa shape index (κ3) is 19.8. The van der Waals surface area contributed by atoms with Crippen molar-refractivity contribution in [2.24, 2.45) is 11.8 Å². The Balaban J connectivity index is 4.15. The smallest absolute Gasteiger partial charge is 0.135 e. The first-order valence-electron chi connectivity index (χ1n) is 15.3. The summed E-state index contributed by atoms with van der Waals surface area (Å²) in [6.07, 6.45) is 23.3. The first kappa shape index (κ1) is 33.6. The number of hydrogen-bond acceptors (Lipinski definition) is 3. The lowest BCUT2D eigenvalue weighted by atomic mass is 9.90. The molecule has 0 aliphatic heterocycles. The highest BCUT2D eigenvalue weighted by Gasteiger charge is 2.18. The normalized spacial score (nSPS) is 13.5. The van der Waals surface area contributed by atoms with Gasteiger partial charge in [-0.15, -0.1) is 0 Å². The molecule has 2 atom stereocenters. The fourth-order valence-corrected chi connectivity index (χ4v) is 5.01. The van der Waals surface area contributed by atoms with Crippen LogP contribution in [0.3, 0.4) is 0 Å². The molecule has 0 aromatic rings. The number of unbranched alkanes of at least 4 members (excludes halogenated alkanes) is 9. The van der Waals surface area contributed by atoms with Crippen molar-refractivity contribution < 1.29 is 14.3 Å². The minimum Gasteiger partial charge on any atom is -0.379 e. The average molecular weight is 483 g/mol. The molecule has 0 rings (SSSR count). The van der Waals surface area contributed by atoms with Gasteiger partial charge in [0.25, 0.3) is 0 Å². The lowest BCUT2D eigenvalue weighted by Crippen LogP contribution is -2.24. The summed E-state index contributed by atoms with van der Waals surface area (Å²) in [4.78, 5) is 12.5. The number of carbonyl (C=O) groups is 1. The quantitative estimate of drug-likeness (QED) is 0.109. The molecule has 2 unspecified atom stereocenters. The molecule has 0 aliphatic carbocycles. The van der Waals surface area contributed by atoms with Crippen LogP contribution in [-0.2, 0) is 14.3 Å². The maximum absolute atomic E-state index is 12.5. The van der Waals surface area contributed by atoms with Gasteiger partial charge in [0.15, 0.2) is 0 Å². The fourth-order valence-electron chi connectivity index (χ4n) is 5.01. The van der Waals surface area contributed by atoms with Crippen LogP contribution in [0.2, 0.25) is 0 Å². The van der Waals surface area contributed by atoms with E-state index >= 15 is 0 Å². The van der Waals surface area contributed by atoms with Crippen LogP contribution in [0.5, 0.6) is 0 Å². The van der Waals surface area contributed by atoms with E-state index in [0.717, 1.165) is 64.8 Å². The zero-order valence-corrected chi connectivity index (χ0v) is 24.0. The molecule has 0 bridgehead atoms. The molecule has 0 radical (unpaired) electrons. The van der Waals surface area contributed by atoms with Gasteiger partial charge in [-0.25, -0.2) is 0 Å². The van der Waals surface area contributed by atoms with Gasteiger partial charge in [-0.3, -0.25) is 4.79 Å². The third-order valence-corrected chi connectivity index (χ3v) is 7.20. The molecule has 34 heavy (non-hydrogen) atoms. The van der Waals surface area contributed by atoms with E-state index in [-0.39, 0.29) is 0 Å². The minimum atomic E-state index is 0.322. The predicted octanol–water partition coefficient (Wildman–Crippen LogP) is 9.70. The van der Waals surface area contributed by atoms with Gasteiger partial charge in [0, 0.05) is 18.9 Å². The van der Waals surface area contributed by atoms with Crippen LogP contribution in [0, 0.1) is 11.8 Å². The monoisotopic (exact) mass is 482 g/mol. The minimum absolute atomic E-state index is 0.322. The van der Waals surface area contributed by atoms with Gasteiger partial charge in [-0.2, -0.15) is 0 Å². The molecular formula is C31H62O3. The Morgan fingerprint density at radius 2 is 1.18 bits per heavy atom. The second kappa shape index (κ2) is 25.7. The van der Waals surface area contributed by atoms with Gasteiger partial charge in [0.1, 0.15) is 5.78 Å². The second-order valence-electron chi connectivity index (χ2n) is 10.6. The highest BCUT2D eigenvalue weighted by Crippen LogP contribution is 2.23. The number of Topliss-reactive ketones (excluding diaryl/α,β-unsaturated/α-hetero) is 1. The summed E-state index contributed by atoms with van der Waals surface area (Å²) in [6.45, 7) is 13.5. The summed E-state index contributed by atoms with van der Waals surface area (Å²) >= 11 is 0. The van der Waals surface area contributed by atoms with Crippen LogP contribution in [0.25, 0.3) is 0 Å². The van der Waals surface area contributed by atoms with Gasteiger partial charge >= 0.3 is 0 Å². The number of ether oxygens (including phenoxy) is 2. The van der Waals surface area contributed by atoms with Crippen LogP contribution in [-0.4, -0.2) is 31.7 Å². The molecule has 3 nitrogen and oxygen atoms in total. The Kier molecular flexibility index (Phi) is 25.4. The van der Waals surface area contributed by atoms with E-state index in [1.807, 2.05) is 0 Å². The summed E-state index contributed by atoms with van der Waals surface area (Å²) < 4.78 is 11.9. The van der Waals surface area contributed by atoms with Gasteiger partial charge < -0.3 is 9.47 Å². The Morgan fingerprint density at radius 3 is 1.79 bits per heavy atom. The molecular weight excluding hydrogens is 420 g/mol. The van der Waals surface area contributed by atoms with Crippen molar-refractivity contribution in [3.63, 3.8) is 0 Å². The van der Waals surface area contributed by atoms with Crippen LogP contribution in [0.4, 0.5) is 0 Å². The van der Waals surface area contributed by atoms with Gasteiger partial charge in [-0.05, 0) is 44.4 Å². The second-order valence-corrected chi connectivity index (χ2v) is 10.6. The van der Waals surface area contributed by atoms with Crippen LogP contribution < -0.4 is 0 Å². The Bertz CT molecular complexity index is 417. The summed E-state index contributed by atoms with van der Waals surface area (Å²) in [7, 11) is 0. The van der Waals surface area contributed by atoms with E-state index < -0.39 is 0 Å². The summed E-state index contributed by atoms with van der Waals surface area (Å²) in [6, 6.07) is 0. The van der Waals surface area contributed by atoms with Crippen molar-refractivity contribution in [3.05, 3.63) is 0 Å². The standard InChI is InChI=1S/C31H62O3/c1-6-10-11-12-14-17-22-28(5)31(34-27-26-33-25-9-4)24-19-16-13-15-18-23-30(32)29(20-7-2)21-8-3/h28-29,31H,6-27H2,1-5H3. The lowest BCUT2D eigenvalue weighted by molar-refractivity contribution is -0.123. The Labute approximate surface area is 214 Å². The average Bonchev–Trinajstić information content (AvgIpc) is 2.83. The first-order valence-corrected chi connectivity index (χ1v) is 15.3. The zero-order chi connectivity index (χ0) is 25.3. The van der Waals surface area contributed by atoms with Crippen molar-refractivity contribution in [2.75, 3.05) is 19.8 Å². The molecule has 0 saturated heterocycles. The maximum Gasteiger partial charge on any atom is 0.135 e. The molecule has 0 fully saturated rings. The fraction of sp³-hybridized carbons (Fsp3) is 0.968. The van der Waals surface area contributed by atoms with E-state index in [9.17, 15) is 4.79 Å². The molecule has 204 valence electrons. The number of ketones is 1. The largest absolute Gasteiger partial charge is 0.379 e. The summed E-state index contributed by atoms with van der Waals surface area (Å²) in [5.74, 6) is 1.47. The number of carbonyl (C=O) groups excluding carboxylic acids is 1. The molecule has 0 aliphatic rings. The van der Waals surface area contributed by atoms with Crippen molar-refractivity contribution in [1.82, 2.24) is 0 Å². The summed E-state index contributed by atoms with van der Waals surface area (Å²) in [5, 5.41) is 0. The molecule has 0 saturated carbocycles. The number of rotatable bonds is 27. The summed E-state index contributed by atoms with van der Waals surface area (Å²) in [5.41, 5.74) is 0. The van der Waals surface area contributed by atoms with E-state index in [4.69, 9.17) is 9.47 Å². The van der Waals surface area contributed by atoms with Gasteiger partial charge in [-0.1, -0.05) is 112 Å². The highest BCUT2D eigenvalue weighted by atomic mass is 16.5. The topological polar surface area (TPSA) is 35.5 Å². The van der Waals surface area contributed by atoms with Crippen molar-refractivity contribution in [2.45, 2.75) is 163 Å². The van der Waals surface area contributed by atoms with Gasteiger partial charge in [0.05, 0.1) is 19.3 Å². The number of hydrogen-bond donors (Lipinski definition) is 0. The predicted molar refractivity (Wildman–Crippen MR) is 149 cm³/mol. The highest BCUT2D eigenvalue weighted by molar-refractivity contribution is 5.80. The Morgan fingerprint density at radius 1 is 0.588 bits per heavy atom. The molecule has 0 heterocycles. The van der Waals surface area contributed by atoms with E-state index in [0.29, 0.717) is 23.7 Å². The zero-order valence-electron chi connectivity index (χ0n) is 24.0. The van der Waals surface area contributed by atoms with Crippen molar-refractivity contribution in [3.8, 4) is 0 Å².